The standard InChI is InChI=1S/C62H39N7/c1-3-19-41(20-4-1)59-64-60(42-21-5-2-6-22-42)66-61(65-59)43-37-35-40(36-38-43)50-39-57(67-51-29-13-7-23-44(51)45-24-8-14-30-52(45)67)63-62(69-55-33-17-11-27-48(55)49-28-12-18-34-56(49)69)58(50)68-53-31-15-9-25-46(53)47-26-10-16-32-54(47)68/h1-39H. The van der Waals surface area contributed by atoms with Gasteiger partial charge in [-0.25, -0.2) is 19.9 Å². The Bertz CT molecular complexity index is 4080. The molecule has 5 aromatic heterocycles. The maximum atomic E-state index is 5.93. The van der Waals surface area contributed by atoms with E-state index in [-0.39, 0.29) is 0 Å². The van der Waals surface area contributed by atoms with E-state index in [1.165, 1.54) is 32.3 Å². The maximum Gasteiger partial charge on any atom is 0.165 e. The van der Waals surface area contributed by atoms with Gasteiger partial charge in [-0.2, -0.15) is 0 Å². The number of hydrogen-bond acceptors (Lipinski definition) is 4. The molecule has 0 spiro atoms. The molecular weight excluding hydrogens is 843 g/mol. The molecule has 9 aromatic carbocycles. The molecule has 69 heavy (non-hydrogen) atoms. The highest BCUT2D eigenvalue weighted by Gasteiger charge is 2.26. The van der Waals surface area contributed by atoms with E-state index in [1.807, 2.05) is 60.7 Å². The summed E-state index contributed by atoms with van der Waals surface area (Å²) in [7, 11) is 0. The molecule has 0 N–H and O–H groups in total. The predicted octanol–water partition coefficient (Wildman–Crippen LogP) is 15.2. The summed E-state index contributed by atoms with van der Waals surface area (Å²) in [5.41, 5.74) is 12.3. The number of para-hydroxylation sites is 6. The summed E-state index contributed by atoms with van der Waals surface area (Å²) in [4.78, 5) is 21.1. The van der Waals surface area contributed by atoms with Crippen molar-refractivity contribution in [1.82, 2.24) is 33.6 Å². The lowest BCUT2D eigenvalue weighted by atomic mass is 10.0. The van der Waals surface area contributed by atoms with Crippen molar-refractivity contribution in [2.24, 2.45) is 0 Å². The van der Waals surface area contributed by atoms with Crippen molar-refractivity contribution in [1.29, 1.82) is 0 Å². The molecule has 0 radical (unpaired) electrons. The smallest absolute Gasteiger partial charge is 0.165 e. The minimum Gasteiger partial charge on any atom is -0.305 e. The minimum absolute atomic E-state index is 0.601. The van der Waals surface area contributed by atoms with Crippen LogP contribution in [0.4, 0.5) is 0 Å². The van der Waals surface area contributed by atoms with Gasteiger partial charge in [0.15, 0.2) is 23.3 Å². The summed E-state index contributed by atoms with van der Waals surface area (Å²) < 4.78 is 7.14. The average molecular weight is 882 g/mol. The zero-order valence-electron chi connectivity index (χ0n) is 37.1. The second kappa shape index (κ2) is 15.6. The van der Waals surface area contributed by atoms with Crippen LogP contribution in [-0.2, 0) is 0 Å². The SMILES string of the molecule is c1ccc(-c2nc(-c3ccccc3)nc(-c3ccc(-c4cc(-n5c6ccccc6c6ccccc65)nc(-n5c6ccccc6c6ccccc65)c4-n4c5ccccc5c5ccccc54)cc3)n2)cc1. The van der Waals surface area contributed by atoms with E-state index in [0.717, 1.165) is 78.2 Å². The molecule has 0 unspecified atom stereocenters. The van der Waals surface area contributed by atoms with Crippen molar-refractivity contribution >= 4 is 65.4 Å². The summed E-state index contributed by atoms with van der Waals surface area (Å²) in [6, 6.07) is 83.3. The molecule has 7 heteroatoms. The van der Waals surface area contributed by atoms with Crippen LogP contribution in [-0.4, -0.2) is 33.6 Å². The number of hydrogen-bond donors (Lipinski definition) is 0. The summed E-state index contributed by atoms with van der Waals surface area (Å²) >= 11 is 0. The Kier molecular flexibility index (Phi) is 8.75. The molecule has 14 aromatic rings. The Morgan fingerprint density at radius 2 is 0.551 bits per heavy atom. The van der Waals surface area contributed by atoms with E-state index in [4.69, 9.17) is 19.9 Å². The number of pyridine rings is 1. The van der Waals surface area contributed by atoms with Crippen LogP contribution in [0.1, 0.15) is 0 Å². The summed E-state index contributed by atoms with van der Waals surface area (Å²) in [6.07, 6.45) is 0. The van der Waals surface area contributed by atoms with Crippen molar-refractivity contribution < 1.29 is 0 Å². The monoisotopic (exact) mass is 881 g/mol. The molecule has 0 amide bonds. The summed E-state index contributed by atoms with van der Waals surface area (Å²) in [5, 5.41) is 7.02. The van der Waals surface area contributed by atoms with Crippen LogP contribution in [0, 0.1) is 0 Å². The van der Waals surface area contributed by atoms with Gasteiger partial charge < -0.3 is 4.57 Å². The fourth-order valence-corrected chi connectivity index (χ4v) is 10.4. The fraction of sp³-hybridized carbons (Fsp3) is 0. The van der Waals surface area contributed by atoms with Crippen molar-refractivity contribution in [2.45, 2.75) is 0 Å². The van der Waals surface area contributed by atoms with Crippen LogP contribution in [0.15, 0.2) is 237 Å². The van der Waals surface area contributed by atoms with E-state index in [0.29, 0.717) is 17.5 Å². The van der Waals surface area contributed by atoms with Crippen LogP contribution < -0.4 is 0 Å². The van der Waals surface area contributed by atoms with Crippen LogP contribution >= 0.6 is 0 Å². The van der Waals surface area contributed by atoms with Gasteiger partial charge in [0.05, 0.1) is 38.8 Å². The van der Waals surface area contributed by atoms with Crippen LogP contribution in [0.25, 0.3) is 128 Å². The normalized spacial score (nSPS) is 11.8. The molecule has 322 valence electrons. The van der Waals surface area contributed by atoms with E-state index in [1.54, 1.807) is 0 Å². The Balaban J connectivity index is 1.10. The van der Waals surface area contributed by atoms with Crippen molar-refractivity contribution in [3.05, 3.63) is 237 Å². The van der Waals surface area contributed by atoms with Gasteiger partial charge in [-0.1, -0.05) is 194 Å². The largest absolute Gasteiger partial charge is 0.305 e. The third-order valence-corrected chi connectivity index (χ3v) is 13.5. The Morgan fingerprint density at radius 3 is 0.942 bits per heavy atom. The first-order valence-electron chi connectivity index (χ1n) is 23.2. The highest BCUT2D eigenvalue weighted by molar-refractivity contribution is 6.13. The van der Waals surface area contributed by atoms with Crippen molar-refractivity contribution in [2.75, 3.05) is 0 Å². The number of rotatable bonds is 7. The van der Waals surface area contributed by atoms with E-state index < -0.39 is 0 Å². The van der Waals surface area contributed by atoms with Gasteiger partial charge in [-0.3, -0.25) is 9.13 Å². The highest BCUT2D eigenvalue weighted by atomic mass is 15.2. The van der Waals surface area contributed by atoms with Crippen LogP contribution in [0.2, 0.25) is 0 Å². The summed E-state index contributed by atoms with van der Waals surface area (Å²) in [6.45, 7) is 0. The second-order valence-corrected chi connectivity index (χ2v) is 17.4. The fourth-order valence-electron chi connectivity index (χ4n) is 10.4. The number of fused-ring (bicyclic) bond motifs is 9. The minimum atomic E-state index is 0.601. The maximum absolute atomic E-state index is 5.93. The first-order chi connectivity index (χ1) is 34.2. The molecule has 0 fully saturated rings. The molecule has 5 heterocycles. The topological polar surface area (TPSA) is 66.3 Å². The molecule has 0 saturated heterocycles. The quantitative estimate of drug-likeness (QED) is 0.160. The molecule has 14 rings (SSSR count). The Hall–Kier alpha value is -9.46. The second-order valence-electron chi connectivity index (χ2n) is 17.4. The van der Waals surface area contributed by atoms with Crippen LogP contribution in [0.5, 0.6) is 0 Å². The van der Waals surface area contributed by atoms with E-state index in [9.17, 15) is 0 Å². The zero-order valence-corrected chi connectivity index (χ0v) is 37.1. The molecule has 0 aliphatic heterocycles. The molecule has 7 nitrogen and oxygen atoms in total. The first-order valence-corrected chi connectivity index (χ1v) is 23.2. The Morgan fingerprint density at radius 1 is 0.246 bits per heavy atom. The van der Waals surface area contributed by atoms with Crippen molar-refractivity contribution in [3.63, 3.8) is 0 Å². The summed E-state index contributed by atoms with van der Waals surface area (Å²) in [5.74, 6) is 3.47. The number of benzene rings is 9. The average Bonchev–Trinajstić information content (AvgIpc) is 4.07. The molecule has 0 bridgehead atoms. The highest BCUT2D eigenvalue weighted by Crippen LogP contribution is 2.44. The molecular formula is C62H39N7. The van der Waals surface area contributed by atoms with Gasteiger partial charge in [-0.15, -0.1) is 0 Å². The molecule has 0 atom stereocenters. The van der Waals surface area contributed by atoms with Gasteiger partial charge in [0.2, 0.25) is 0 Å². The zero-order chi connectivity index (χ0) is 45.4. The lowest BCUT2D eigenvalue weighted by molar-refractivity contribution is 0.985. The third kappa shape index (κ3) is 6.14. The van der Waals surface area contributed by atoms with Gasteiger partial charge in [0, 0.05) is 54.6 Å². The number of aromatic nitrogens is 7. The molecule has 0 saturated carbocycles. The van der Waals surface area contributed by atoms with E-state index in [2.05, 4.69) is 190 Å². The lowest BCUT2D eigenvalue weighted by Crippen LogP contribution is -2.11. The first kappa shape index (κ1) is 38.8. The van der Waals surface area contributed by atoms with Crippen molar-refractivity contribution in [3.8, 4) is 62.6 Å². The lowest BCUT2D eigenvalue weighted by Gasteiger charge is -2.22. The molecule has 0 aliphatic rings. The predicted molar refractivity (Wildman–Crippen MR) is 282 cm³/mol. The van der Waals surface area contributed by atoms with Crippen LogP contribution in [0.3, 0.4) is 0 Å². The van der Waals surface area contributed by atoms with Gasteiger partial charge >= 0.3 is 0 Å². The van der Waals surface area contributed by atoms with Gasteiger partial charge in [0.25, 0.3) is 0 Å². The number of nitrogens with zero attached hydrogens (tertiary/aromatic N) is 7. The third-order valence-electron chi connectivity index (χ3n) is 13.5. The molecule has 0 aliphatic carbocycles. The van der Waals surface area contributed by atoms with Gasteiger partial charge in [0.1, 0.15) is 5.82 Å². The van der Waals surface area contributed by atoms with E-state index >= 15 is 0 Å². The van der Waals surface area contributed by atoms with Gasteiger partial charge in [-0.05, 0) is 48.0 Å². The Labute approximate surface area is 396 Å².